The van der Waals surface area contributed by atoms with E-state index in [4.69, 9.17) is 18.8 Å². The molecule has 7 heteroatoms. The van der Waals surface area contributed by atoms with Crippen molar-refractivity contribution in [2.45, 2.75) is 71.4 Å². The van der Waals surface area contributed by atoms with E-state index in [0.29, 0.717) is 5.75 Å². The summed E-state index contributed by atoms with van der Waals surface area (Å²) in [4.78, 5) is 11.7. The van der Waals surface area contributed by atoms with Crippen molar-refractivity contribution in [1.82, 2.24) is 0 Å². The summed E-state index contributed by atoms with van der Waals surface area (Å²) in [6.45, 7) is 13.1. The van der Waals surface area contributed by atoms with Crippen LogP contribution in [0.5, 0.6) is 5.75 Å². The van der Waals surface area contributed by atoms with Crippen LogP contribution >= 0.6 is 0 Å². The Bertz CT molecular complexity index is 616. The average Bonchev–Trinajstić information content (AvgIpc) is 2.72. The molecule has 1 aromatic carbocycles. The average molecular weight is 364 g/mol. The summed E-state index contributed by atoms with van der Waals surface area (Å²) in [5.74, 6) is -0.167. The maximum Gasteiger partial charge on any atom is 0.494 e. The van der Waals surface area contributed by atoms with Crippen molar-refractivity contribution in [3.8, 4) is 5.75 Å². The first-order valence-electron chi connectivity index (χ1n) is 8.80. The number of hydrogen-bond donors (Lipinski definition) is 1. The second-order valence-electron chi connectivity index (χ2n) is 8.52. The summed E-state index contributed by atoms with van der Waals surface area (Å²) in [6.07, 6.45) is -1.34. The zero-order chi connectivity index (χ0) is 19.8. The highest BCUT2D eigenvalue weighted by Gasteiger charge is 2.51. The molecule has 0 amide bonds. The highest BCUT2D eigenvalue weighted by molar-refractivity contribution is 6.62. The lowest BCUT2D eigenvalue weighted by Crippen LogP contribution is -2.41. The van der Waals surface area contributed by atoms with Gasteiger partial charge in [-0.1, -0.05) is 12.1 Å². The van der Waals surface area contributed by atoms with E-state index < -0.39 is 36.0 Å². The zero-order valence-corrected chi connectivity index (χ0v) is 16.7. The standard InChI is InChI=1S/C19H29BO6/c1-17(2,3)24-16(22)15(21)12-23-14-10-8-13(9-11-14)20-25-18(4,5)19(6,7)26-20/h8-11,15,21H,12H2,1-7H3/t15-/m0/s1. The maximum absolute atomic E-state index is 11.7. The Morgan fingerprint density at radius 1 is 1.12 bits per heavy atom. The second-order valence-corrected chi connectivity index (χ2v) is 8.52. The van der Waals surface area contributed by atoms with Crippen LogP contribution in [-0.2, 0) is 18.8 Å². The Balaban J connectivity index is 1.91. The number of aliphatic hydroxyl groups excluding tert-OH is 1. The number of carbonyl (C=O) groups is 1. The summed E-state index contributed by atoms with van der Waals surface area (Å²) in [5.41, 5.74) is -0.569. The lowest BCUT2D eigenvalue weighted by atomic mass is 9.79. The summed E-state index contributed by atoms with van der Waals surface area (Å²) >= 11 is 0. The molecule has 0 aliphatic carbocycles. The van der Waals surface area contributed by atoms with Crippen molar-refractivity contribution in [1.29, 1.82) is 0 Å². The minimum Gasteiger partial charge on any atom is -0.490 e. The van der Waals surface area contributed by atoms with E-state index in [1.807, 2.05) is 39.8 Å². The number of aliphatic hydroxyl groups is 1. The van der Waals surface area contributed by atoms with Crippen LogP contribution in [0.25, 0.3) is 0 Å². The largest absolute Gasteiger partial charge is 0.494 e. The van der Waals surface area contributed by atoms with Gasteiger partial charge in [0.25, 0.3) is 0 Å². The van der Waals surface area contributed by atoms with Gasteiger partial charge in [-0.25, -0.2) is 4.79 Å². The fourth-order valence-corrected chi connectivity index (χ4v) is 2.31. The smallest absolute Gasteiger partial charge is 0.490 e. The normalized spacial score (nSPS) is 19.9. The highest BCUT2D eigenvalue weighted by atomic mass is 16.7. The van der Waals surface area contributed by atoms with Crippen LogP contribution in [0.4, 0.5) is 0 Å². The Labute approximate surface area is 155 Å². The van der Waals surface area contributed by atoms with Gasteiger partial charge in [0.1, 0.15) is 18.0 Å². The quantitative estimate of drug-likeness (QED) is 0.637. The molecule has 1 atom stereocenters. The first kappa shape index (κ1) is 20.7. The topological polar surface area (TPSA) is 74.2 Å². The molecule has 1 N–H and O–H groups in total. The molecular weight excluding hydrogens is 335 g/mol. The lowest BCUT2D eigenvalue weighted by Gasteiger charge is -2.32. The van der Waals surface area contributed by atoms with Gasteiger partial charge in [-0.05, 0) is 66.1 Å². The molecule has 0 aromatic heterocycles. The third-order valence-corrected chi connectivity index (χ3v) is 4.49. The van der Waals surface area contributed by atoms with Gasteiger partial charge >= 0.3 is 13.1 Å². The predicted octanol–water partition coefficient (Wildman–Crippen LogP) is 2.07. The van der Waals surface area contributed by atoms with Gasteiger partial charge < -0.3 is 23.9 Å². The summed E-state index contributed by atoms with van der Waals surface area (Å²) in [6, 6.07) is 7.19. The van der Waals surface area contributed by atoms with Gasteiger partial charge in [0.15, 0.2) is 6.10 Å². The van der Waals surface area contributed by atoms with Gasteiger partial charge in [0.05, 0.1) is 11.2 Å². The molecule has 1 fully saturated rings. The molecule has 6 nitrogen and oxygen atoms in total. The van der Waals surface area contributed by atoms with Gasteiger partial charge in [-0.15, -0.1) is 0 Å². The van der Waals surface area contributed by atoms with E-state index in [1.54, 1.807) is 32.9 Å². The van der Waals surface area contributed by atoms with Crippen LogP contribution in [0.2, 0.25) is 0 Å². The van der Waals surface area contributed by atoms with Gasteiger partial charge in [-0.3, -0.25) is 0 Å². The minimum atomic E-state index is -1.34. The summed E-state index contributed by atoms with van der Waals surface area (Å²) in [5, 5.41) is 9.85. The first-order chi connectivity index (χ1) is 11.8. The molecule has 0 unspecified atom stereocenters. The fourth-order valence-electron chi connectivity index (χ4n) is 2.31. The van der Waals surface area contributed by atoms with Crippen molar-refractivity contribution in [3.63, 3.8) is 0 Å². The number of benzene rings is 1. The molecule has 144 valence electrons. The van der Waals surface area contributed by atoms with Crippen LogP contribution < -0.4 is 10.2 Å². The predicted molar refractivity (Wildman–Crippen MR) is 99.5 cm³/mol. The van der Waals surface area contributed by atoms with E-state index in [-0.39, 0.29) is 6.61 Å². The van der Waals surface area contributed by atoms with Crippen LogP contribution in [0.1, 0.15) is 48.5 Å². The Morgan fingerprint density at radius 2 is 1.62 bits per heavy atom. The Kier molecular flexibility index (Phi) is 5.76. The van der Waals surface area contributed by atoms with Crippen LogP contribution in [0, 0.1) is 0 Å². The van der Waals surface area contributed by atoms with E-state index in [0.717, 1.165) is 5.46 Å². The van der Waals surface area contributed by atoms with Crippen molar-refractivity contribution in [2.75, 3.05) is 6.61 Å². The monoisotopic (exact) mass is 364 g/mol. The van der Waals surface area contributed by atoms with Crippen LogP contribution in [-0.4, -0.2) is 47.7 Å². The number of esters is 1. The summed E-state index contributed by atoms with van der Waals surface area (Å²) < 4.78 is 22.6. The third-order valence-electron chi connectivity index (χ3n) is 4.49. The third kappa shape index (κ3) is 4.99. The van der Waals surface area contributed by atoms with Crippen LogP contribution in [0.15, 0.2) is 24.3 Å². The van der Waals surface area contributed by atoms with Gasteiger partial charge in [0.2, 0.25) is 0 Å². The molecule has 1 heterocycles. The SMILES string of the molecule is CC(C)(C)OC(=O)[C@@H](O)COc1ccc(B2OC(C)(C)C(C)(C)O2)cc1. The number of hydrogen-bond acceptors (Lipinski definition) is 6. The fraction of sp³-hybridized carbons (Fsp3) is 0.632. The second kappa shape index (κ2) is 7.21. The Hall–Kier alpha value is -1.57. The van der Waals surface area contributed by atoms with E-state index >= 15 is 0 Å². The number of ether oxygens (including phenoxy) is 2. The molecule has 1 aromatic rings. The molecule has 1 aliphatic heterocycles. The van der Waals surface area contributed by atoms with E-state index in [9.17, 15) is 9.90 Å². The molecule has 1 saturated heterocycles. The molecule has 0 spiro atoms. The Morgan fingerprint density at radius 3 is 2.08 bits per heavy atom. The molecule has 0 radical (unpaired) electrons. The molecular formula is C19H29BO6. The minimum absolute atomic E-state index is 0.176. The van der Waals surface area contributed by atoms with Gasteiger partial charge in [-0.2, -0.15) is 0 Å². The van der Waals surface area contributed by atoms with Crippen molar-refractivity contribution in [3.05, 3.63) is 24.3 Å². The molecule has 26 heavy (non-hydrogen) atoms. The zero-order valence-electron chi connectivity index (χ0n) is 16.7. The molecule has 2 rings (SSSR count). The van der Waals surface area contributed by atoms with Gasteiger partial charge in [0, 0.05) is 0 Å². The lowest BCUT2D eigenvalue weighted by molar-refractivity contribution is -0.166. The van der Waals surface area contributed by atoms with E-state index in [2.05, 4.69) is 0 Å². The number of rotatable bonds is 5. The number of carbonyl (C=O) groups excluding carboxylic acids is 1. The molecule has 0 saturated carbocycles. The highest BCUT2D eigenvalue weighted by Crippen LogP contribution is 2.36. The van der Waals surface area contributed by atoms with Crippen molar-refractivity contribution in [2.24, 2.45) is 0 Å². The molecule has 0 bridgehead atoms. The molecule has 1 aliphatic rings. The maximum atomic E-state index is 11.7. The summed E-state index contributed by atoms with van der Waals surface area (Å²) in [7, 11) is -0.443. The van der Waals surface area contributed by atoms with Crippen molar-refractivity contribution >= 4 is 18.6 Å². The first-order valence-corrected chi connectivity index (χ1v) is 8.80. The van der Waals surface area contributed by atoms with Crippen LogP contribution in [0.3, 0.4) is 0 Å². The van der Waals surface area contributed by atoms with Crippen molar-refractivity contribution < 1.29 is 28.7 Å². The van der Waals surface area contributed by atoms with E-state index in [1.165, 1.54) is 0 Å².